The molecule has 2 saturated heterocycles. The molecule has 0 spiro atoms. The molecule has 2 aliphatic rings. The van der Waals surface area contributed by atoms with Gasteiger partial charge in [-0.15, -0.1) is 0 Å². The molecule has 1 aromatic carbocycles. The van der Waals surface area contributed by atoms with Gasteiger partial charge in [-0.2, -0.15) is 0 Å². The summed E-state index contributed by atoms with van der Waals surface area (Å²) in [6.45, 7) is 4.49. The van der Waals surface area contributed by atoms with Gasteiger partial charge in [-0.3, -0.25) is 9.59 Å². The summed E-state index contributed by atoms with van der Waals surface area (Å²) < 4.78 is 4.91. The molecule has 0 aliphatic carbocycles. The number of nitrogens with zero attached hydrogens (tertiary/aromatic N) is 2. The van der Waals surface area contributed by atoms with E-state index in [-0.39, 0.29) is 49.6 Å². The summed E-state index contributed by atoms with van der Waals surface area (Å²) in [7, 11) is 1.47. The van der Waals surface area contributed by atoms with E-state index >= 15 is 0 Å². The third kappa shape index (κ3) is 3.85. The number of hydrogen-bond acceptors (Lipinski definition) is 4. The minimum Gasteiger partial charge on any atom is -0.394 e. The number of rotatable bonds is 4. The van der Waals surface area contributed by atoms with Crippen molar-refractivity contribution in [1.82, 2.24) is 9.80 Å². The van der Waals surface area contributed by atoms with Gasteiger partial charge in [0.15, 0.2) is 0 Å². The Morgan fingerprint density at radius 1 is 1.33 bits per heavy atom. The Morgan fingerprint density at radius 3 is 2.63 bits per heavy atom. The molecule has 0 radical (unpaired) electrons. The van der Waals surface area contributed by atoms with Gasteiger partial charge in [0.1, 0.15) is 6.61 Å². The number of fused-ring (bicyclic) bond motifs is 1. The van der Waals surface area contributed by atoms with E-state index in [0.29, 0.717) is 12.5 Å². The van der Waals surface area contributed by atoms with Gasteiger partial charge in [0, 0.05) is 31.1 Å². The lowest BCUT2D eigenvalue weighted by Gasteiger charge is -2.58. The van der Waals surface area contributed by atoms with Crippen molar-refractivity contribution < 1.29 is 19.4 Å². The molecule has 6 heteroatoms. The first kappa shape index (κ1) is 19.4. The molecule has 144 valence electrons. The van der Waals surface area contributed by atoms with Crippen molar-refractivity contribution in [3.05, 3.63) is 35.4 Å². The lowest BCUT2D eigenvalue weighted by atomic mass is 9.73. The van der Waals surface area contributed by atoms with Gasteiger partial charge in [0.05, 0.1) is 25.2 Å². The second-order valence-electron chi connectivity index (χ2n) is 7.40. The maximum absolute atomic E-state index is 12.5. The summed E-state index contributed by atoms with van der Waals surface area (Å²) >= 11 is 0. The van der Waals surface area contributed by atoms with E-state index < -0.39 is 0 Å². The first-order valence-corrected chi connectivity index (χ1v) is 9.26. The van der Waals surface area contributed by atoms with Crippen LogP contribution in [0.5, 0.6) is 0 Å². The lowest BCUT2D eigenvalue weighted by Crippen LogP contribution is -2.73. The highest BCUT2D eigenvalue weighted by atomic mass is 16.5. The maximum Gasteiger partial charge on any atom is 0.249 e. The van der Waals surface area contributed by atoms with Crippen LogP contribution in [0.3, 0.4) is 0 Å². The molecule has 0 saturated carbocycles. The van der Waals surface area contributed by atoms with Crippen LogP contribution in [0.25, 0.3) is 0 Å². The van der Waals surface area contributed by atoms with Crippen LogP contribution in [0.15, 0.2) is 24.3 Å². The van der Waals surface area contributed by atoms with Crippen molar-refractivity contribution in [2.75, 3.05) is 33.4 Å². The first-order valence-electron chi connectivity index (χ1n) is 9.26. The zero-order chi connectivity index (χ0) is 19.6. The number of aliphatic hydroxyl groups is 1. The Morgan fingerprint density at radius 2 is 2.04 bits per heavy atom. The molecule has 0 bridgehead atoms. The van der Waals surface area contributed by atoms with Crippen molar-refractivity contribution in [3.8, 4) is 11.8 Å². The Balaban J connectivity index is 1.79. The van der Waals surface area contributed by atoms with E-state index in [9.17, 15) is 14.7 Å². The van der Waals surface area contributed by atoms with Crippen molar-refractivity contribution in [2.24, 2.45) is 5.92 Å². The van der Waals surface area contributed by atoms with E-state index in [1.54, 1.807) is 9.80 Å². The number of benzene rings is 1. The van der Waals surface area contributed by atoms with E-state index in [4.69, 9.17) is 4.74 Å². The number of carbonyl (C=O) groups excluding carboxylic acids is 2. The highest BCUT2D eigenvalue weighted by molar-refractivity contribution is 5.88. The number of methoxy groups -OCH3 is 1. The molecule has 2 amide bonds. The third-order valence-corrected chi connectivity index (χ3v) is 5.17. The molecular weight excluding hydrogens is 344 g/mol. The average Bonchev–Trinajstić information content (AvgIpc) is 2.62. The van der Waals surface area contributed by atoms with Crippen molar-refractivity contribution in [3.63, 3.8) is 0 Å². The minimum absolute atomic E-state index is 0.00389. The maximum atomic E-state index is 12.5. The summed E-state index contributed by atoms with van der Waals surface area (Å²) in [6, 6.07) is 7.61. The van der Waals surface area contributed by atoms with Crippen LogP contribution in [-0.4, -0.2) is 72.2 Å². The second kappa shape index (κ2) is 8.12. The highest BCUT2D eigenvalue weighted by Gasteiger charge is 2.54. The Bertz CT molecular complexity index is 763. The Kier molecular flexibility index (Phi) is 5.83. The number of aliphatic hydroxyl groups excluding tert-OH is 1. The fraction of sp³-hybridized carbons (Fsp3) is 0.524. The molecule has 0 aromatic heterocycles. The van der Waals surface area contributed by atoms with Gasteiger partial charge in [0.2, 0.25) is 11.8 Å². The van der Waals surface area contributed by atoms with Crippen LogP contribution >= 0.6 is 0 Å². The number of carbonyl (C=O) groups is 2. The summed E-state index contributed by atoms with van der Waals surface area (Å²) in [5.74, 6) is 6.29. The summed E-state index contributed by atoms with van der Waals surface area (Å²) in [5.41, 5.74) is 2.00. The van der Waals surface area contributed by atoms with Gasteiger partial charge in [-0.05, 0) is 17.7 Å². The lowest BCUT2D eigenvalue weighted by molar-refractivity contribution is -0.168. The Hall–Kier alpha value is -2.36. The van der Waals surface area contributed by atoms with Crippen LogP contribution in [0.2, 0.25) is 0 Å². The van der Waals surface area contributed by atoms with Crippen LogP contribution in [0, 0.1) is 17.8 Å². The molecular formula is C21H26N2O4. The fourth-order valence-corrected chi connectivity index (χ4v) is 3.92. The quantitative estimate of drug-likeness (QED) is 0.798. The Labute approximate surface area is 160 Å². The smallest absolute Gasteiger partial charge is 0.249 e. The average molecular weight is 370 g/mol. The van der Waals surface area contributed by atoms with Gasteiger partial charge < -0.3 is 19.6 Å². The molecule has 27 heavy (non-hydrogen) atoms. The molecule has 6 nitrogen and oxygen atoms in total. The number of piperazine rings is 1. The van der Waals surface area contributed by atoms with E-state index in [1.807, 2.05) is 38.1 Å². The molecule has 3 atom stereocenters. The standard InChI is InChI=1S/C21H26N2O4/c1-14(2)4-5-15-6-8-16(9-7-15)21-17-10-22(20(26)13-27-3)11-19(25)23(17)18(21)12-24/h6-9,14,17-18,21,24H,10-13H2,1-3H3/t17-,18-,21-/m0/s1. The monoisotopic (exact) mass is 370 g/mol. The van der Waals surface area contributed by atoms with Gasteiger partial charge in [-0.1, -0.05) is 37.8 Å². The molecule has 3 rings (SSSR count). The SMILES string of the molecule is COCC(=O)N1CC(=O)N2[C@@H](CO)[C@@H](c3ccc(C#CC(C)C)cc3)[C@@H]2C1. The zero-order valence-corrected chi connectivity index (χ0v) is 16.0. The van der Waals surface area contributed by atoms with Gasteiger partial charge >= 0.3 is 0 Å². The zero-order valence-electron chi connectivity index (χ0n) is 16.0. The van der Waals surface area contributed by atoms with Crippen LogP contribution in [0.1, 0.15) is 30.9 Å². The summed E-state index contributed by atoms with van der Waals surface area (Å²) in [6.07, 6.45) is 0. The highest BCUT2D eigenvalue weighted by Crippen LogP contribution is 2.42. The number of ether oxygens (including phenoxy) is 1. The summed E-state index contributed by atoms with van der Waals surface area (Å²) in [4.78, 5) is 27.9. The normalized spacial score (nSPS) is 24.2. The number of hydrogen-bond donors (Lipinski definition) is 1. The third-order valence-electron chi connectivity index (χ3n) is 5.17. The molecule has 2 fully saturated rings. The van der Waals surface area contributed by atoms with E-state index in [1.165, 1.54) is 7.11 Å². The second-order valence-corrected chi connectivity index (χ2v) is 7.40. The molecule has 1 N–H and O–H groups in total. The van der Waals surface area contributed by atoms with Gasteiger partial charge in [0.25, 0.3) is 0 Å². The predicted octanol–water partition coefficient (Wildman–Crippen LogP) is 0.838. The summed E-state index contributed by atoms with van der Waals surface area (Å²) in [5, 5.41) is 9.82. The number of amides is 2. The largest absolute Gasteiger partial charge is 0.394 e. The molecule has 2 aliphatic heterocycles. The predicted molar refractivity (Wildman–Crippen MR) is 101 cm³/mol. The van der Waals surface area contributed by atoms with E-state index in [2.05, 4.69) is 11.8 Å². The van der Waals surface area contributed by atoms with Crippen molar-refractivity contribution >= 4 is 11.8 Å². The van der Waals surface area contributed by atoms with Crippen molar-refractivity contribution in [2.45, 2.75) is 31.8 Å². The van der Waals surface area contributed by atoms with Crippen molar-refractivity contribution in [1.29, 1.82) is 0 Å². The van der Waals surface area contributed by atoms with Crippen LogP contribution < -0.4 is 0 Å². The topological polar surface area (TPSA) is 70.1 Å². The van der Waals surface area contributed by atoms with Crippen LogP contribution in [-0.2, 0) is 14.3 Å². The van der Waals surface area contributed by atoms with Gasteiger partial charge in [-0.25, -0.2) is 0 Å². The molecule has 1 aromatic rings. The fourth-order valence-electron chi connectivity index (χ4n) is 3.92. The van der Waals surface area contributed by atoms with E-state index in [0.717, 1.165) is 11.1 Å². The van der Waals surface area contributed by atoms with Crippen LogP contribution in [0.4, 0.5) is 0 Å². The molecule has 2 heterocycles. The minimum atomic E-state index is -0.241. The molecule has 0 unspecified atom stereocenters. The first-order chi connectivity index (χ1) is 13.0.